The summed E-state index contributed by atoms with van der Waals surface area (Å²) < 4.78 is 0. The van der Waals surface area contributed by atoms with Crippen molar-refractivity contribution in [2.45, 2.75) is 45.6 Å². The van der Waals surface area contributed by atoms with Gasteiger partial charge in [0, 0.05) is 6.04 Å². The fourth-order valence-electron chi connectivity index (χ4n) is 1.44. The minimum atomic E-state index is 0.378. The highest BCUT2D eigenvalue weighted by molar-refractivity contribution is 4.75. The molecule has 1 nitrogen and oxygen atoms in total. The molecule has 0 aromatic heterocycles. The van der Waals surface area contributed by atoms with Crippen molar-refractivity contribution in [3.8, 4) is 0 Å². The highest BCUT2D eigenvalue weighted by Gasteiger charge is 2.11. The van der Waals surface area contributed by atoms with Crippen LogP contribution in [0.4, 0.5) is 0 Å². The van der Waals surface area contributed by atoms with Crippen LogP contribution >= 0.6 is 0 Å². The predicted octanol–water partition coefficient (Wildman–Crippen LogP) is 2.72. The minimum absolute atomic E-state index is 0.378. The average molecular weight is 155 g/mol. The summed E-state index contributed by atoms with van der Waals surface area (Å²) in [5.74, 6) is 0.704. The molecule has 0 amide bonds. The van der Waals surface area contributed by atoms with Crippen molar-refractivity contribution in [2.24, 2.45) is 11.7 Å². The third-order valence-electron chi connectivity index (χ3n) is 2.36. The molecule has 1 atom stereocenters. The van der Waals surface area contributed by atoms with E-state index in [-0.39, 0.29) is 0 Å². The molecule has 0 fully saturated rings. The Kier molecular flexibility index (Phi) is 6.24. The molecule has 0 rings (SSSR count). The number of hydrogen-bond donors (Lipinski definition) is 1. The van der Waals surface area contributed by atoms with E-state index in [4.69, 9.17) is 5.73 Å². The first kappa shape index (κ1) is 10.7. The number of hydrogen-bond acceptors (Lipinski definition) is 1. The highest BCUT2D eigenvalue weighted by atomic mass is 14.6. The van der Waals surface area contributed by atoms with E-state index in [1.807, 2.05) is 6.08 Å². The molecule has 0 saturated carbocycles. The van der Waals surface area contributed by atoms with Crippen LogP contribution in [0.25, 0.3) is 0 Å². The van der Waals surface area contributed by atoms with Crippen LogP contribution in [-0.4, -0.2) is 6.04 Å². The molecule has 0 aliphatic heterocycles. The summed E-state index contributed by atoms with van der Waals surface area (Å²) in [6.45, 7) is 8.11. The minimum Gasteiger partial charge on any atom is -0.327 e. The summed E-state index contributed by atoms with van der Waals surface area (Å²) in [5, 5.41) is 0. The Bertz CT molecular complexity index is 95.0. The maximum Gasteiger partial charge on any atom is 0.00699 e. The van der Waals surface area contributed by atoms with Gasteiger partial charge in [0.25, 0.3) is 0 Å². The molecule has 0 aromatic rings. The van der Waals surface area contributed by atoms with E-state index in [0.29, 0.717) is 12.0 Å². The van der Waals surface area contributed by atoms with Crippen molar-refractivity contribution in [1.82, 2.24) is 0 Å². The van der Waals surface area contributed by atoms with Gasteiger partial charge in [0.2, 0.25) is 0 Å². The van der Waals surface area contributed by atoms with E-state index in [9.17, 15) is 0 Å². The van der Waals surface area contributed by atoms with E-state index < -0.39 is 0 Å². The largest absolute Gasteiger partial charge is 0.327 e. The molecule has 0 bridgehead atoms. The lowest BCUT2D eigenvalue weighted by Crippen LogP contribution is -2.28. The Morgan fingerprint density at radius 2 is 1.91 bits per heavy atom. The summed E-state index contributed by atoms with van der Waals surface area (Å²) >= 11 is 0. The van der Waals surface area contributed by atoms with Gasteiger partial charge in [-0.05, 0) is 18.8 Å². The SMILES string of the molecule is C=CCCC(N)C(CC)CC. The zero-order valence-electron chi connectivity index (χ0n) is 7.84. The fourth-order valence-corrected chi connectivity index (χ4v) is 1.44. The molecule has 0 heterocycles. The first-order valence-electron chi connectivity index (χ1n) is 4.62. The summed E-state index contributed by atoms with van der Waals surface area (Å²) in [6, 6.07) is 0.378. The second kappa shape index (κ2) is 6.41. The van der Waals surface area contributed by atoms with Crippen LogP contribution in [0.1, 0.15) is 39.5 Å². The topological polar surface area (TPSA) is 26.0 Å². The smallest absolute Gasteiger partial charge is 0.00699 e. The van der Waals surface area contributed by atoms with Gasteiger partial charge >= 0.3 is 0 Å². The zero-order valence-corrected chi connectivity index (χ0v) is 7.84. The zero-order chi connectivity index (χ0) is 8.69. The van der Waals surface area contributed by atoms with Gasteiger partial charge in [-0.1, -0.05) is 32.8 Å². The Balaban J connectivity index is 3.59. The van der Waals surface area contributed by atoms with Crippen LogP contribution in [-0.2, 0) is 0 Å². The van der Waals surface area contributed by atoms with Gasteiger partial charge in [0.05, 0.1) is 0 Å². The number of rotatable bonds is 6. The van der Waals surface area contributed by atoms with Crippen molar-refractivity contribution in [1.29, 1.82) is 0 Å². The van der Waals surface area contributed by atoms with Crippen LogP contribution in [0.5, 0.6) is 0 Å². The molecule has 0 aromatic carbocycles. The maximum absolute atomic E-state index is 5.98. The molecular weight excluding hydrogens is 134 g/mol. The highest BCUT2D eigenvalue weighted by Crippen LogP contribution is 2.14. The van der Waals surface area contributed by atoms with E-state index in [1.54, 1.807) is 0 Å². The first-order valence-corrected chi connectivity index (χ1v) is 4.62. The third-order valence-corrected chi connectivity index (χ3v) is 2.36. The van der Waals surface area contributed by atoms with Gasteiger partial charge < -0.3 is 5.73 Å². The molecule has 2 N–H and O–H groups in total. The summed E-state index contributed by atoms with van der Waals surface area (Å²) in [5.41, 5.74) is 5.98. The molecule has 0 aliphatic carbocycles. The number of nitrogens with two attached hydrogens (primary N) is 1. The lowest BCUT2D eigenvalue weighted by Gasteiger charge is -2.20. The lowest BCUT2D eigenvalue weighted by atomic mass is 9.92. The first-order chi connectivity index (χ1) is 5.26. The van der Waals surface area contributed by atoms with Crippen molar-refractivity contribution < 1.29 is 0 Å². The van der Waals surface area contributed by atoms with Crippen molar-refractivity contribution in [2.75, 3.05) is 0 Å². The Morgan fingerprint density at radius 3 is 2.27 bits per heavy atom. The second-order valence-corrected chi connectivity index (χ2v) is 3.11. The van der Waals surface area contributed by atoms with Gasteiger partial charge in [-0.25, -0.2) is 0 Å². The quantitative estimate of drug-likeness (QED) is 0.586. The molecule has 11 heavy (non-hydrogen) atoms. The van der Waals surface area contributed by atoms with Crippen molar-refractivity contribution >= 4 is 0 Å². The van der Waals surface area contributed by atoms with Crippen LogP contribution < -0.4 is 5.73 Å². The molecule has 66 valence electrons. The maximum atomic E-state index is 5.98. The molecule has 1 unspecified atom stereocenters. The van der Waals surface area contributed by atoms with Gasteiger partial charge in [-0.15, -0.1) is 6.58 Å². The van der Waals surface area contributed by atoms with Crippen LogP contribution in [0, 0.1) is 5.92 Å². The van der Waals surface area contributed by atoms with Gasteiger partial charge in [0.15, 0.2) is 0 Å². The van der Waals surface area contributed by atoms with Gasteiger partial charge in [-0.2, -0.15) is 0 Å². The van der Waals surface area contributed by atoms with Crippen LogP contribution in [0.3, 0.4) is 0 Å². The van der Waals surface area contributed by atoms with Crippen LogP contribution in [0.2, 0.25) is 0 Å². The Hall–Kier alpha value is -0.300. The van der Waals surface area contributed by atoms with Crippen molar-refractivity contribution in [3.05, 3.63) is 12.7 Å². The van der Waals surface area contributed by atoms with E-state index in [1.165, 1.54) is 12.8 Å². The monoisotopic (exact) mass is 155 g/mol. The Morgan fingerprint density at radius 1 is 1.36 bits per heavy atom. The van der Waals surface area contributed by atoms with E-state index in [0.717, 1.165) is 12.8 Å². The molecule has 1 heteroatoms. The normalized spacial score (nSPS) is 13.5. The fraction of sp³-hybridized carbons (Fsp3) is 0.800. The van der Waals surface area contributed by atoms with Gasteiger partial charge in [-0.3, -0.25) is 0 Å². The molecule has 0 radical (unpaired) electrons. The molecule has 0 aliphatic rings. The molecular formula is C10H21N. The summed E-state index contributed by atoms with van der Waals surface area (Å²) in [7, 11) is 0. The average Bonchev–Trinajstić information content (AvgIpc) is 2.03. The third kappa shape index (κ3) is 4.20. The van der Waals surface area contributed by atoms with Crippen LogP contribution in [0.15, 0.2) is 12.7 Å². The summed E-state index contributed by atoms with van der Waals surface area (Å²) in [6.07, 6.45) is 6.50. The van der Waals surface area contributed by atoms with E-state index >= 15 is 0 Å². The Labute approximate surface area is 70.7 Å². The molecule has 0 spiro atoms. The standard InChI is InChI=1S/C10H21N/c1-4-7-8-10(11)9(5-2)6-3/h4,9-10H,1,5-8,11H2,2-3H3. The lowest BCUT2D eigenvalue weighted by molar-refractivity contribution is 0.380. The molecule has 0 saturated heterocycles. The number of allylic oxidation sites excluding steroid dienone is 1. The summed E-state index contributed by atoms with van der Waals surface area (Å²) in [4.78, 5) is 0. The van der Waals surface area contributed by atoms with E-state index in [2.05, 4.69) is 20.4 Å². The second-order valence-electron chi connectivity index (χ2n) is 3.11. The van der Waals surface area contributed by atoms with Crippen molar-refractivity contribution in [3.63, 3.8) is 0 Å². The predicted molar refractivity (Wildman–Crippen MR) is 51.5 cm³/mol. The van der Waals surface area contributed by atoms with Gasteiger partial charge in [0.1, 0.15) is 0 Å².